The standard InChI is InChI=1S/C16H23FN2O2/c1-12-5-4-9-19(14(12)11-18)16(20)8-10-21-15-7-3-2-6-13(15)17/h2-3,6-7,12,14H,4-5,8-11,18H2,1H3/t12-,14-/m1/s1. The molecule has 2 N–H and O–H groups in total. The molecule has 0 unspecified atom stereocenters. The van der Waals surface area contributed by atoms with Crippen LogP contribution in [0, 0.1) is 11.7 Å². The number of likely N-dealkylation sites (tertiary alicyclic amines) is 1. The molecular weight excluding hydrogens is 271 g/mol. The molecule has 4 nitrogen and oxygen atoms in total. The molecule has 0 saturated carbocycles. The predicted octanol–water partition coefficient (Wildman–Crippen LogP) is 2.18. The molecule has 1 saturated heterocycles. The fourth-order valence-corrected chi connectivity index (χ4v) is 2.87. The molecule has 1 heterocycles. The summed E-state index contributed by atoms with van der Waals surface area (Å²) in [4.78, 5) is 14.1. The summed E-state index contributed by atoms with van der Waals surface area (Å²) >= 11 is 0. The summed E-state index contributed by atoms with van der Waals surface area (Å²) in [5.74, 6) is 0.248. The van der Waals surface area contributed by atoms with Gasteiger partial charge in [0.25, 0.3) is 0 Å². The van der Waals surface area contributed by atoms with Crippen molar-refractivity contribution in [2.45, 2.75) is 32.2 Å². The molecular formula is C16H23FN2O2. The summed E-state index contributed by atoms with van der Waals surface area (Å²) in [6.07, 6.45) is 2.37. The van der Waals surface area contributed by atoms with Gasteiger partial charge in [0.05, 0.1) is 13.0 Å². The van der Waals surface area contributed by atoms with Crippen LogP contribution >= 0.6 is 0 Å². The number of nitrogens with zero attached hydrogens (tertiary/aromatic N) is 1. The summed E-state index contributed by atoms with van der Waals surface area (Å²) in [5.41, 5.74) is 5.79. The van der Waals surface area contributed by atoms with Crippen LogP contribution in [-0.2, 0) is 4.79 Å². The molecule has 1 amide bonds. The third-order valence-corrected chi connectivity index (χ3v) is 4.09. The molecule has 0 aliphatic carbocycles. The largest absolute Gasteiger partial charge is 0.490 e. The van der Waals surface area contributed by atoms with Gasteiger partial charge in [0.2, 0.25) is 5.91 Å². The number of halogens is 1. The van der Waals surface area contributed by atoms with Crippen LogP contribution in [0.3, 0.4) is 0 Å². The van der Waals surface area contributed by atoms with Crippen LogP contribution in [0.4, 0.5) is 4.39 Å². The molecule has 1 fully saturated rings. The third-order valence-electron chi connectivity index (χ3n) is 4.09. The van der Waals surface area contributed by atoms with Gasteiger partial charge < -0.3 is 15.4 Å². The number of nitrogens with two attached hydrogens (primary N) is 1. The van der Waals surface area contributed by atoms with Gasteiger partial charge in [0.1, 0.15) is 0 Å². The van der Waals surface area contributed by atoms with Gasteiger partial charge >= 0.3 is 0 Å². The first-order valence-electron chi connectivity index (χ1n) is 7.50. The zero-order valence-corrected chi connectivity index (χ0v) is 12.4. The van der Waals surface area contributed by atoms with E-state index in [1.807, 2.05) is 4.90 Å². The highest BCUT2D eigenvalue weighted by Gasteiger charge is 2.30. The topological polar surface area (TPSA) is 55.6 Å². The van der Waals surface area contributed by atoms with Crippen molar-refractivity contribution in [3.8, 4) is 5.75 Å². The van der Waals surface area contributed by atoms with E-state index in [0.29, 0.717) is 12.5 Å². The summed E-state index contributed by atoms with van der Waals surface area (Å²) < 4.78 is 18.7. The number of hydrogen-bond acceptors (Lipinski definition) is 3. The molecule has 1 aliphatic heterocycles. The number of hydrogen-bond donors (Lipinski definition) is 1. The van der Waals surface area contributed by atoms with Gasteiger partial charge in [-0.3, -0.25) is 4.79 Å². The van der Waals surface area contributed by atoms with Crippen LogP contribution in [0.25, 0.3) is 0 Å². The maximum absolute atomic E-state index is 13.4. The maximum Gasteiger partial charge on any atom is 0.226 e. The Bertz CT molecular complexity index is 481. The second-order valence-corrected chi connectivity index (χ2v) is 5.54. The second-order valence-electron chi connectivity index (χ2n) is 5.54. The molecule has 0 radical (unpaired) electrons. The number of piperidine rings is 1. The van der Waals surface area contributed by atoms with Crippen molar-refractivity contribution in [2.24, 2.45) is 11.7 Å². The molecule has 116 valence electrons. The van der Waals surface area contributed by atoms with Crippen molar-refractivity contribution >= 4 is 5.91 Å². The van der Waals surface area contributed by atoms with Gasteiger partial charge in [-0.15, -0.1) is 0 Å². The van der Waals surface area contributed by atoms with Crippen LogP contribution in [-0.4, -0.2) is 36.5 Å². The first-order valence-corrected chi connectivity index (χ1v) is 7.50. The Morgan fingerprint density at radius 3 is 2.95 bits per heavy atom. The van der Waals surface area contributed by atoms with Crippen molar-refractivity contribution in [3.05, 3.63) is 30.1 Å². The molecule has 1 aromatic carbocycles. The zero-order valence-electron chi connectivity index (χ0n) is 12.4. The van der Waals surface area contributed by atoms with E-state index in [1.165, 1.54) is 6.07 Å². The first-order chi connectivity index (χ1) is 10.1. The number of amides is 1. The molecule has 2 atom stereocenters. The summed E-state index contributed by atoms with van der Waals surface area (Å²) in [5, 5.41) is 0. The van der Waals surface area contributed by atoms with Crippen molar-refractivity contribution in [1.82, 2.24) is 4.90 Å². The molecule has 2 rings (SSSR count). The van der Waals surface area contributed by atoms with Gasteiger partial charge in [-0.1, -0.05) is 19.1 Å². The SMILES string of the molecule is C[C@@H]1CCCN(C(=O)CCOc2ccccc2F)[C@@H]1CN. The minimum absolute atomic E-state index is 0.0355. The summed E-state index contributed by atoms with van der Waals surface area (Å²) in [6.45, 7) is 3.56. The quantitative estimate of drug-likeness (QED) is 0.905. The van der Waals surface area contributed by atoms with Crippen molar-refractivity contribution in [1.29, 1.82) is 0 Å². The smallest absolute Gasteiger partial charge is 0.226 e. The van der Waals surface area contributed by atoms with E-state index in [-0.39, 0.29) is 30.7 Å². The number of carbonyl (C=O) groups is 1. The summed E-state index contributed by atoms with van der Waals surface area (Å²) in [6, 6.07) is 6.32. The molecule has 1 aliphatic rings. The predicted molar refractivity (Wildman–Crippen MR) is 79.5 cm³/mol. The fraction of sp³-hybridized carbons (Fsp3) is 0.562. The van der Waals surface area contributed by atoms with Crippen molar-refractivity contribution < 1.29 is 13.9 Å². The van der Waals surface area contributed by atoms with E-state index in [1.54, 1.807) is 18.2 Å². The molecule has 5 heteroatoms. The molecule has 0 aromatic heterocycles. The Morgan fingerprint density at radius 2 is 2.24 bits per heavy atom. The monoisotopic (exact) mass is 294 g/mol. The fourth-order valence-electron chi connectivity index (χ4n) is 2.87. The van der Waals surface area contributed by atoms with E-state index >= 15 is 0 Å². The van der Waals surface area contributed by atoms with Gasteiger partial charge in [-0.2, -0.15) is 0 Å². The Kier molecular flexibility index (Phi) is 5.56. The highest BCUT2D eigenvalue weighted by atomic mass is 19.1. The van der Waals surface area contributed by atoms with Crippen molar-refractivity contribution in [2.75, 3.05) is 19.7 Å². The van der Waals surface area contributed by atoms with Gasteiger partial charge in [0, 0.05) is 19.1 Å². The Morgan fingerprint density at radius 1 is 1.48 bits per heavy atom. The minimum atomic E-state index is -0.406. The Labute approximate surface area is 125 Å². The summed E-state index contributed by atoms with van der Waals surface area (Å²) in [7, 11) is 0. The third kappa shape index (κ3) is 3.94. The van der Waals surface area contributed by atoms with Crippen LogP contribution in [0.5, 0.6) is 5.75 Å². The normalized spacial score (nSPS) is 22.1. The number of ether oxygens (including phenoxy) is 1. The van der Waals surface area contributed by atoms with Crippen LogP contribution in [0.1, 0.15) is 26.2 Å². The van der Waals surface area contributed by atoms with E-state index in [0.717, 1.165) is 19.4 Å². The average molecular weight is 294 g/mol. The van der Waals surface area contributed by atoms with Crippen LogP contribution in [0.2, 0.25) is 0 Å². The number of rotatable bonds is 5. The molecule has 1 aromatic rings. The van der Waals surface area contributed by atoms with Gasteiger partial charge in [-0.05, 0) is 30.9 Å². The highest BCUT2D eigenvalue weighted by Crippen LogP contribution is 2.23. The number of para-hydroxylation sites is 1. The molecule has 21 heavy (non-hydrogen) atoms. The Balaban J connectivity index is 1.85. The molecule has 0 bridgehead atoms. The van der Waals surface area contributed by atoms with Crippen molar-refractivity contribution in [3.63, 3.8) is 0 Å². The van der Waals surface area contributed by atoms with E-state index in [9.17, 15) is 9.18 Å². The van der Waals surface area contributed by atoms with Gasteiger partial charge in [0.15, 0.2) is 11.6 Å². The highest BCUT2D eigenvalue weighted by molar-refractivity contribution is 5.76. The van der Waals surface area contributed by atoms with E-state index in [2.05, 4.69) is 6.92 Å². The van der Waals surface area contributed by atoms with Crippen LogP contribution < -0.4 is 10.5 Å². The minimum Gasteiger partial charge on any atom is -0.490 e. The average Bonchev–Trinajstić information content (AvgIpc) is 2.48. The Hall–Kier alpha value is -1.62. The van der Waals surface area contributed by atoms with Gasteiger partial charge in [-0.25, -0.2) is 4.39 Å². The first kappa shape index (κ1) is 15.8. The lowest BCUT2D eigenvalue weighted by molar-refractivity contribution is -0.136. The lowest BCUT2D eigenvalue weighted by atomic mass is 9.90. The second kappa shape index (κ2) is 7.41. The lowest BCUT2D eigenvalue weighted by Crippen LogP contribution is -2.51. The lowest BCUT2D eigenvalue weighted by Gasteiger charge is -2.39. The van der Waals surface area contributed by atoms with E-state index in [4.69, 9.17) is 10.5 Å². The van der Waals surface area contributed by atoms with E-state index < -0.39 is 5.82 Å². The molecule has 0 spiro atoms. The number of carbonyl (C=O) groups excluding carboxylic acids is 1. The van der Waals surface area contributed by atoms with Crippen LogP contribution in [0.15, 0.2) is 24.3 Å². The maximum atomic E-state index is 13.4. The number of benzene rings is 1. The zero-order chi connectivity index (χ0) is 15.2.